The minimum absolute atomic E-state index is 0.0292. The van der Waals surface area contributed by atoms with Crippen molar-refractivity contribution >= 4 is 16.7 Å². The molecule has 2 aromatic carbocycles. The zero-order valence-corrected chi connectivity index (χ0v) is 14.9. The Bertz CT molecular complexity index is 648. The van der Waals surface area contributed by atoms with E-state index in [1.54, 1.807) is 0 Å². The molecule has 2 aromatic rings. The van der Waals surface area contributed by atoms with Crippen molar-refractivity contribution in [2.24, 2.45) is 0 Å². The van der Waals surface area contributed by atoms with Gasteiger partial charge in [-0.3, -0.25) is 4.79 Å². The SMILES string of the molecule is CCCCCCCC(=O)OCC(O)COc1cccc2ccccc12. The summed E-state index contributed by atoms with van der Waals surface area (Å²) in [6.07, 6.45) is 5.04. The predicted octanol–water partition coefficient (Wildman–Crippen LogP) is 4.48. The zero-order chi connectivity index (χ0) is 17.9. The van der Waals surface area contributed by atoms with Crippen molar-refractivity contribution in [3.05, 3.63) is 42.5 Å². The van der Waals surface area contributed by atoms with Crippen LogP contribution < -0.4 is 4.74 Å². The summed E-state index contributed by atoms with van der Waals surface area (Å²) in [5.41, 5.74) is 0. The summed E-state index contributed by atoms with van der Waals surface area (Å²) < 4.78 is 10.8. The molecule has 0 saturated heterocycles. The molecule has 0 aliphatic rings. The van der Waals surface area contributed by atoms with E-state index in [0.29, 0.717) is 6.42 Å². The van der Waals surface area contributed by atoms with Crippen molar-refractivity contribution < 1.29 is 19.4 Å². The Hall–Kier alpha value is -2.07. The van der Waals surface area contributed by atoms with E-state index in [2.05, 4.69) is 6.92 Å². The quantitative estimate of drug-likeness (QED) is 0.482. The fourth-order valence-corrected chi connectivity index (χ4v) is 2.69. The average molecular weight is 344 g/mol. The number of esters is 1. The lowest BCUT2D eigenvalue weighted by Crippen LogP contribution is -2.25. The summed E-state index contributed by atoms with van der Waals surface area (Å²) in [6, 6.07) is 13.7. The van der Waals surface area contributed by atoms with E-state index in [1.807, 2.05) is 42.5 Å². The largest absolute Gasteiger partial charge is 0.490 e. The first-order valence-electron chi connectivity index (χ1n) is 9.15. The molecule has 0 aliphatic heterocycles. The molecule has 0 heterocycles. The molecule has 0 aliphatic carbocycles. The van der Waals surface area contributed by atoms with Gasteiger partial charge in [-0.1, -0.05) is 69.0 Å². The molecule has 1 unspecified atom stereocenters. The lowest BCUT2D eigenvalue weighted by Gasteiger charge is -2.14. The van der Waals surface area contributed by atoms with Gasteiger partial charge in [0.1, 0.15) is 25.1 Å². The molecular formula is C21H28O4. The average Bonchev–Trinajstić information content (AvgIpc) is 2.64. The molecule has 1 atom stereocenters. The van der Waals surface area contributed by atoms with E-state index >= 15 is 0 Å². The van der Waals surface area contributed by atoms with E-state index in [9.17, 15) is 9.90 Å². The molecule has 0 amide bonds. The summed E-state index contributed by atoms with van der Waals surface area (Å²) >= 11 is 0. The van der Waals surface area contributed by atoms with Gasteiger partial charge in [0.05, 0.1) is 0 Å². The van der Waals surface area contributed by atoms with Gasteiger partial charge < -0.3 is 14.6 Å². The van der Waals surface area contributed by atoms with Crippen LogP contribution in [0.1, 0.15) is 45.4 Å². The van der Waals surface area contributed by atoms with Crippen LogP contribution in [-0.2, 0) is 9.53 Å². The van der Waals surface area contributed by atoms with Gasteiger partial charge in [-0.2, -0.15) is 0 Å². The number of rotatable bonds is 11. The van der Waals surface area contributed by atoms with Gasteiger partial charge in [-0.05, 0) is 17.9 Å². The van der Waals surface area contributed by atoms with Gasteiger partial charge in [-0.25, -0.2) is 0 Å². The molecule has 0 fully saturated rings. The number of unbranched alkanes of at least 4 members (excludes halogenated alkanes) is 4. The van der Waals surface area contributed by atoms with Crippen LogP contribution >= 0.6 is 0 Å². The molecule has 136 valence electrons. The van der Waals surface area contributed by atoms with Gasteiger partial charge in [0.2, 0.25) is 0 Å². The molecule has 1 N–H and O–H groups in total. The van der Waals surface area contributed by atoms with Gasteiger partial charge in [0.15, 0.2) is 0 Å². The summed E-state index contributed by atoms with van der Waals surface area (Å²) in [5, 5.41) is 12.1. The van der Waals surface area contributed by atoms with Crippen molar-refractivity contribution in [1.29, 1.82) is 0 Å². The molecule has 4 nitrogen and oxygen atoms in total. The number of fused-ring (bicyclic) bond motifs is 1. The standard InChI is InChI=1S/C21H28O4/c1-2-3-4-5-6-14-21(23)25-16-18(22)15-24-20-13-9-11-17-10-7-8-12-19(17)20/h7-13,18,22H,2-6,14-16H2,1H3. The molecule has 4 heteroatoms. The second kappa shape index (κ2) is 10.7. The third-order valence-electron chi connectivity index (χ3n) is 4.10. The van der Waals surface area contributed by atoms with Gasteiger partial charge in [0.25, 0.3) is 0 Å². The van der Waals surface area contributed by atoms with Crippen molar-refractivity contribution in [2.75, 3.05) is 13.2 Å². The molecule has 0 bridgehead atoms. The van der Waals surface area contributed by atoms with Crippen molar-refractivity contribution in [2.45, 2.75) is 51.6 Å². The van der Waals surface area contributed by atoms with Crippen LogP contribution in [0.2, 0.25) is 0 Å². The highest BCUT2D eigenvalue weighted by Crippen LogP contribution is 2.25. The lowest BCUT2D eigenvalue weighted by molar-refractivity contribution is -0.147. The van der Waals surface area contributed by atoms with E-state index in [-0.39, 0.29) is 19.2 Å². The van der Waals surface area contributed by atoms with Crippen LogP contribution in [0, 0.1) is 0 Å². The maximum absolute atomic E-state index is 11.7. The highest BCUT2D eigenvalue weighted by Gasteiger charge is 2.11. The Balaban J connectivity index is 1.68. The third kappa shape index (κ3) is 6.75. The Morgan fingerprint density at radius 1 is 1.00 bits per heavy atom. The molecular weight excluding hydrogens is 316 g/mol. The highest BCUT2D eigenvalue weighted by molar-refractivity contribution is 5.88. The molecule has 0 saturated carbocycles. The summed E-state index contributed by atoms with van der Waals surface area (Å²) in [4.78, 5) is 11.7. The van der Waals surface area contributed by atoms with Crippen molar-refractivity contribution in [1.82, 2.24) is 0 Å². The summed E-state index contributed by atoms with van der Waals surface area (Å²) in [5.74, 6) is 0.472. The number of aliphatic hydroxyl groups is 1. The fourth-order valence-electron chi connectivity index (χ4n) is 2.69. The normalized spacial score (nSPS) is 12.1. The fraction of sp³-hybridized carbons (Fsp3) is 0.476. The number of carbonyl (C=O) groups excluding carboxylic acids is 1. The van der Waals surface area contributed by atoms with Gasteiger partial charge in [-0.15, -0.1) is 0 Å². The third-order valence-corrected chi connectivity index (χ3v) is 4.10. The van der Waals surface area contributed by atoms with Crippen LogP contribution in [0.15, 0.2) is 42.5 Å². The van der Waals surface area contributed by atoms with Crippen molar-refractivity contribution in [3.8, 4) is 5.75 Å². The first-order valence-corrected chi connectivity index (χ1v) is 9.15. The molecule has 0 spiro atoms. The van der Waals surface area contributed by atoms with Gasteiger partial charge in [0, 0.05) is 11.8 Å². The van der Waals surface area contributed by atoms with E-state index in [4.69, 9.17) is 9.47 Å². The maximum atomic E-state index is 11.7. The first kappa shape index (κ1) is 19.3. The van der Waals surface area contributed by atoms with E-state index in [0.717, 1.165) is 35.8 Å². The topological polar surface area (TPSA) is 55.8 Å². The van der Waals surface area contributed by atoms with Crippen LogP contribution in [0.4, 0.5) is 0 Å². The van der Waals surface area contributed by atoms with E-state index in [1.165, 1.54) is 12.8 Å². The number of hydrogen-bond donors (Lipinski definition) is 1. The number of hydrogen-bond acceptors (Lipinski definition) is 4. The Morgan fingerprint density at radius 3 is 2.60 bits per heavy atom. The van der Waals surface area contributed by atoms with Crippen LogP contribution in [0.5, 0.6) is 5.75 Å². The monoisotopic (exact) mass is 344 g/mol. The second-order valence-corrected chi connectivity index (χ2v) is 6.29. The summed E-state index contributed by atoms with van der Waals surface area (Å²) in [7, 11) is 0. The second-order valence-electron chi connectivity index (χ2n) is 6.29. The minimum Gasteiger partial charge on any atom is -0.490 e. The molecule has 0 aromatic heterocycles. The molecule has 0 radical (unpaired) electrons. The minimum atomic E-state index is -0.831. The maximum Gasteiger partial charge on any atom is 0.305 e. The number of aliphatic hydroxyl groups excluding tert-OH is 1. The first-order chi connectivity index (χ1) is 12.2. The zero-order valence-electron chi connectivity index (χ0n) is 14.9. The molecule has 25 heavy (non-hydrogen) atoms. The Labute approximate surface area is 149 Å². The van der Waals surface area contributed by atoms with Crippen LogP contribution in [0.3, 0.4) is 0 Å². The van der Waals surface area contributed by atoms with Crippen molar-refractivity contribution in [3.63, 3.8) is 0 Å². The van der Waals surface area contributed by atoms with E-state index < -0.39 is 6.10 Å². The number of carbonyl (C=O) groups is 1. The summed E-state index contributed by atoms with van der Waals surface area (Å²) in [6.45, 7) is 2.23. The number of ether oxygens (including phenoxy) is 2. The van der Waals surface area contributed by atoms with Crippen LogP contribution in [0.25, 0.3) is 10.8 Å². The Morgan fingerprint density at radius 2 is 1.76 bits per heavy atom. The Kier molecular flexibility index (Phi) is 8.26. The highest BCUT2D eigenvalue weighted by atomic mass is 16.5. The van der Waals surface area contributed by atoms with Gasteiger partial charge >= 0.3 is 5.97 Å². The van der Waals surface area contributed by atoms with Crippen LogP contribution in [-0.4, -0.2) is 30.4 Å². The smallest absolute Gasteiger partial charge is 0.305 e. The lowest BCUT2D eigenvalue weighted by atomic mass is 10.1. The predicted molar refractivity (Wildman–Crippen MR) is 99.8 cm³/mol. The molecule has 2 rings (SSSR count). The number of benzene rings is 2.